The number of hydrogen-bond acceptors (Lipinski definition) is 10. The number of fused-ring (bicyclic) bond motifs is 1. The number of nitrogens with one attached hydrogen (secondary N) is 1. The summed E-state index contributed by atoms with van der Waals surface area (Å²) in [5, 5.41) is 24.9. The normalized spacial score (nSPS) is 10.8. The highest BCUT2D eigenvalue weighted by Crippen LogP contribution is 2.48. The number of aromatic hydroxyl groups is 2. The Morgan fingerprint density at radius 3 is 2.42 bits per heavy atom. The van der Waals surface area contributed by atoms with E-state index in [-0.39, 0.29) is 17.2 Å². The molecule has 1 aromatic heterocycles. The molecule has 166 valence electrons. The molecule has 0 aliphatic heterocycles. The largest absolute Gasteiger partial charge is 0.506 e. The van der Waals surface area contributed by atoms with E-state index in [9.17, 15) is 10.2 Å². The van der Waals surface area contributed by atoms with Crippen molar-refractivity contribution in [3.63, 3.8) is 0 Å². The van der Waals surface area contributed by atoms with Crippen molar-refractivity contribution in [2.24, 2.45) is 0 Å². The molecule has 3 N–H and O–H groups in total. The zero-order valence-electron chi connectivity index (χ0n) is 17.8. The first-order valence-corrected chi connectivity index (χ1v) is 10.5. The molecule has 0 radical (unpaired) electrons. The molecule has 0 atom stereocenters. The number of phenols is 2. The van der Waals surface area contributed by atoms with Crippen LogP contribution < -0.4 is 19.5 Å². The Kier molecular flexibility index (Phi) is 7.48. The van der Waals surface area contributed by atoms with Crippen LogP contribution in [0.3, 0.4) is 0 Å². The molecule has 0 bridgehead atoms. The lowest BCUT2D eigenvalue weighted by Crippen LogP contribution is -2.06. The fraction of sp³-hybridized carbons (Fsp3) is 0.333. The minimum atomic E-state index is -0.0798. The molecule has 3 rings (SSSR count). The third-order valence-corrected chi connectivity index (χ3v) is 5.39. The monoisotopic (exact) mass is 447 g/mol. The Morgan fingerprint density at radius 1 is 0.968 bits per heavy atom. The van der Waals surface area contributed by atoms with E-state index in [0.717, 1.165) is 0 Å². The zero-order valence-corrected chi connectivity index (χ0v) is 18.6. The SMILES string of the molecule is CCSc1c(O)c(OC)cc(O)c1Nc1ncnc2cc(OCCOC)c(OC)cc12. The number of ether oxygens (including phenoxy) is 4. The smallest absolute Gasteiger partial charge is 0.173 e. The second kappa shape index (κ2) is 10.3. The zero-order chi connectivity index (χ0) is 22.4. The Balaban J connectivity index is 2.07. The van der Waals surface area contributed by atoms with Crippen LogP contribution in [0.15, 0.2) is 29.4 Å². The summed E-state index contributed by atoms with van der Waals surface area (Å²) in [6.07, 6.45) is 1.41. The number of rotatable bonds is 10. The van der Waals surface area contributed by atoms with Gasteiger partial charge >= 0.3 is 0 Å². The first-order valence-electron chi connectivity index (χ1n) is 9.51. The van der Waals surface area contributed by atoms with E-state index >= 15 is 0 Å². The Hall–Kier alpha value is -3.11. The maximum absolute atomic E-state index is 10.6. The van der Waals surface area contributed by atoms with Crippen LogP contribution in [0.25, 0.3) is 10.9 Å². The number of methoxy groups -OCH3 is 3. The van der Waals surface area contributed by atoms with E-state index in [4.69, 9.17) is 18.9 Å². The quantitative estimate of drug-likeness (QED) is 0.183. The molecule has 0 aliphatic rings. The van der Waals surface area contributed by atoms with Gasteiger partial charge in [0.25, 0.3) is 0 Å². The number of hydrogen-bond donors (Lipinski definition) is 3. The summed E-state index contributed by atoms with van der Waals surface area (Å²) in [4.78, 5) is 9.10. The lowest BCUT2D eigenvalue weighted by molar-refractivity contribution is 0.144. The number of phenolic OH excluding ortho intramolecular Hbond substituents is 2. The van der Waals surface area contributed by atoms with E-state index in [1.165, 1.54) is 31.3 Å². The lowest BCUT2D eigenvalue weighted by Gasteiger charge is -2.17. The van der Waals surface area contributed by atoms with Gasteiger partial charge in [-0.15, -0.1) is 11.8 Å². The molecular formula is C21H25N3O6S. The molecule has 10 heteroatoms. The van der Waals surface area contributed by atoms with E-state index in [1.807, 2.05) is 6.92 Å². The molecule has 0 unspecified atom stereocenters. The van der Waals surface area contributed by atoms with Crippen molar-refractivity contribution in [1.29, 1.82) is 0 Å². The highest BCUT2D eigenvalue weighted by Gasteiger charge is 2.20. The average Bonchev–Trinajstić information content (AvgIpc) is 2.78. The summed E-state index contributed by atoms with van der Waals surface area (Å²) in [5.74, 6) is 2.20. The molecule has 0 saturated carbocycles. The molecule has 0 amide bonds. The molecule has 31 heavy (non-hydrogen) atoms. The topological polar surface area (TPSA) is 115 Å². The standard InChI is InChI=1S/C21H25N3O6S/c1-5-31-20-18(14(25)10-17(29-4)19(20)26)24-21-12-8-15(28-3)16(30-7-6-27-2)9-13(12)22-11-23-21/h8-11,25-26H,5-7H2,1-4H3,(H,22,23,24). The minimum absolute atomic E-state index is 0.0561. The van der Waals surface area contributed by atoms with Gasteiger partial charge in [-0.2, -0.15) is 0 Å². The predicted octanol–water partition coefficient (Wildman–Crippen LogP) is 3.94. The van der Waals surface area contributed by atoms with E-state index in [2.05, 4.69) is 15.3 Å². The van der Waals surface area contributed by atoms with Gasteiger partial charge in [0.15, 0.2) is 23.0 Å². The molecule has 0 fully saturated rings. The van der Waals surface area contributed by atoms with Gasteiger partial charge in [0.2, 0.25) is 0 Å². The molecule has 0 spiro atoms. The van der Waals surface area contributed by atoms with Crippen LogP contribution in [-0.2, 0) is 4.74 Å². The summed E-state index contributed by atoms with van der Waals surface area (Å²) >= 11 is 1.37. The molecule has 9 nitrogen and oxygen atoms in total. The van der Waals surface area contributed by atoms with Crippen molar-refractivity contribution in [3.05, 3.63) is 24.5 Å². The summed E-state index contributed by atoms with van der Waals surface area (Å²) in [6.45, 7) is 2.75. The van der Waals surface area contributed by atoms with E-state index < -0.39 is 0 Å². The highest BCUT2D eigenvalue weighted by molar-refractivity contribution is 7.99. The summed E-state index contributed by atoms with van der Waals surface area (Å²) < 4.78 is 21.4. The Labute approximate surface area is 184 Å². The van der Waals surface area contributed by atoms with Crippen LogP contribution in [0.2, 0.25) is 0 Å². The lowest BCUT2D eigenvalue weighted by atomic mass is 10.2. The van der Waals surface area contributed by atoms with Crippen LogP contribution in [0.4, 0.5) is 11.5 Å². The van der Waals surface area contributed by atoms with Crippen LogP contribution in [0.5, 0.6) is 28.7 Å². The van der Waals surface area contributed by atoms with Crippen molar-refractivity contribution in [2.75, 3.05) is 45.6 Å². The van der Waals surface area contributed by atoms with Crippen LogP contribution >= 0.6 is 11.8 Å². The maximum Gasteiger partial charge on any atom is 0.173 e. The second-order valence-electron chi connectivity index (χ2n) is 6.29. The highest BCUT2D eigenvalue weighted by atomic mass is 32.2. The van der Waals surface area contributed by atoms with Crippen molar-refractivity contribution in [3.8, 4) is 28.7 Å². The van der Waals surface area contributed by atoms with Gasteiger partial charge < -0.3 is 34.5 Å². The number of anilines is 2. The number of aromatic nitrogens is 2. The van der Waals surface area contributed by atoms with E-state index in [0.29, 0.717) is 57.8 Å². The molecule has 1 heterocycles. The summed E-state index contributed by atoms with van der Waals surface area (Å²) in [7, 11) is 4.58. The number of nitrogens with zero attached hydrogens (tertiary/aromatic N) is 2. The molecule has 0 aliphatic carbocycles. The van der Waals surface area contributed by atoms with Gasteiger partial charge in [0, 0.05) is 24.6 Å². The fourth-order valence-corrected chi connectivity index (χ4v) is 3.79. The molecule has 3 aromatic rings. The minimum Gasteiger partial charge on any atom is -0.506 e. The van der Waals surface area contributed by atoms with Gasteiger partial charge in [-0.1, -0.05) is 6.92 Å². The van der Waals surface area contributed by atoms with Crippen LogP contribution in [-0.4, -0.2) is 60.5 Å². The fourth-order valence-electron chi connectivity index (χ4n) is 2.96. The molecule has 2 aromatic carbocycles. The van der Waals surface area contributed by atoms with E-state index in [1.54, 1.807) is 26.4 Å². The van der Waals surface area contributed by atoms with Crippen LogP contribution in [0, 0.1) is 0 Å². The average molecular weight is 448 g/mol. The third-order valence-electron chi connectivity index (χ3n) is 4.42. The van der Waals surface area contributed by atoms with Gasteiger partial charge in [-0.25, -0.2) is 9.97 Å². The Morgan fingerprint density at radius 2 is 1.74 bits per heavy atom. The number of thioether (sulfide) groups is 1. The van der Waals surface area contributed by atoms with Gasteiger partial charge in [0.1, 0.15) is 24.5 Å². The van der Waals surface area contributed by atoms with Gasteiger partial charge in [-0.3, -0.25) is 0 Å². The summed E-state index contributed by atoms with van der Waals surface area (Å²) in [6, 6.07) is 4.86. The maximum atomic E-state index is 10.6. The number of benzene rings is 2. The van der Waals surface area contributed by atoms with Crippen LogP contribution in [0.1, 0.15) is 6.92 Å². The first-order chi connectivity index (χ1) is 15.0. The Bertz CT molecular complexity index is 1060. The van der Waals surface area contributed by atoms with Gasteiger partial charge in [-0.05, 0) is 11.8 Å². The van der Waals surface area contributed by atoms with Crippen molar-refractivity contribution >= 4 is 34.2 Å². The van der Waals surface area contributed by atoms with Crippen molar-refractivity contribution in [1.82, 2.24) is 9.97 Å². The first kappa shape index (κ1) is 22.6. The van der Waals surface area contributed by atoms with Gasteiger partial charge in [0.05, 0.1) is 36.9 Å². The van der Waals surface area contributed by atoms with Crippen molar-refractivity contribution < 1.29 is 29.2 Å². The molecule has 0 saturated heterocycles. The summed E-state index contributed by atoms with van der Waals surface area (Å²) in [5.41, 5.74) is 0.942. The second-order valence-corrected chi connectivity index (χ2v) is 7.57. The third kappa shape index (κ3) is 4.80. The molecular weight excluding hydrogens is 422 g/mol. The van der Waals surface area contributed by atoms with Crippen molar-refractivity contribution in [2.45, 2.75) is 11.8 Å². The predicted molar refractivity (Wildman–Crippen MR) is 119 cm³/mol.